The number of benzene rings is 3. The predicted molar refractivity (Wildman–Crippen MR) is 140 cm³/mol. The van der Waals surface area contributed by atoms with Crippen molar-refractivity contribution in [1.82, 2.24) is 4.90 Å². The van der Waals surface area contributed by atoms with Crippen LogP contribution in [-0.4, -0.2) is 24.1 Å². The highest BCUT2D eigenvalue weighted by Crippen LogP contribution is 2.39. The van der Waals surface area contributed by atoms with Crippen LogP contribution in [0.4, 0.5) is 23.7 Å². The van der Waals surface area contributed by atoms with Crippen LogP contribution in [0, 0.1) is 17.5 Å². The molecular formula is C30H33F3N2O2. The summed E-state index contributed by atoms with van der Waals surface area (Å²) in [6, 6.07) is 14.5. The summed E-state index contributed by atoms with van der Waals surface area (Å²) in [7, 11) is 0. The van der Waals surface area contributed by atoms with Gasteiger partial charge in [-0.25, -0.2) is 18.0 Å². The topological polar surface area (TPSA) is 41.6 Å². The minimum Gasteiger partial charge on any atom is -0.493 e. The molecule has 0 aromatic heterocycles. The van der Waals surface area contributed by atoms with Gasteiger partial charge in [-0.2, -0.15) is 0 Å². The molecule has 1 aliphatic rings. The molecule has 196 valence electrons. The van der Waals surface area contributed by atoms with Crippen LogP contribution < -0.4 is 10.1 Å². The molecule has 4 nitrogen and oxygen atoms in total. The van der Waals surface area contributed by atoms with E-state index in [0.29, 0.717) is 25.3 Å². The predicted octanol–water partition coefficient (Wildman–Crippen LogP) is 8.49. The summed E-state index contributed by atoms with van der Waals surface area (Å²) in [6.07, 6.45) is 6.55. The molecule has 37 heavy (non-hydrogen) atoms. The Morgan fingerprint density at radius 2 is 1.73 bits per heavy atom. The highest BCUT2D eigenvalue weighted by molar-refractivity contribution is 5.90. The number of nitrogens with one attached hydrogen (secondary N) is 1. The van der Waals surface area contributed by atoms with Gasteiger partial charge in [0.25, 0.3) is 0 Å². The summed E-state index contributed by atoms with van der Waals surface area (Å²) in [4.78, 5) is 15.2. The van der Waals surface area contributed by atoms with E-state index in [4.69, 9.17) is 4.74 Å². The van der Waals surface area contributed by atoms with Gasteiger partial charge in [0.05, 0.1) is 18.3 Å². The fraction of sp³-hybridized carbons (Fsp3) is 0.367. The van der Waals surface area contributed by atoms with Gasteiger partial charge in [0, 0.05) is 18.2 Å². The largest absolute Gasteiger partial charge is 0.493 e. The van der Waals surface area contributed by atoms with E-state index in [1.165, 1.54) is 18.2 Å². The Hall–Kier alpha value is -3.48. The van der Waals surface area contributed by atoms with Crippen molar-refractivity contribution in [2.45, 2.75) is 57.9 Å². The maximum Gasteiger partial charge on any atom is 0.322 e. The molecule has 3 aromatic rings. The van der Waals surface area contributed by atoms with Gasteiger partial charge in [-0.3, -0.25) is 0 Å². The summed E-state index contributed by atoms with van der Waals surface area (Å²) in [5, 5.41) is 2.64. The Morgan fingerprint density at radius 1 is 0.946 bits per heavy atom. The number of urea groups is 1. The van der Waals surface area contributed by atoms with Gasteiger partial charge >= 0.3 is 6.03 Å². The highest BCUT2D eigenvalue weighted by Gasteiger charge is 2.30. The lowest BCUT2D eigenvalue weighted by atomic mass is 9.96. The van der Waals surface area contributed by atoms with Crippen molar-refractivity contribution in [3.8, 4) is 16.9 Å². The minimum absolute atomic E-state index is 0.0612. The number of unbranched alkanes of at least 4 members (excludes halogenated alkanes) is 4. The first kappa shape index (κ1) is 26.6. The van der Waals surface area contributed by atoms with Gasteiger partial charge in [0.2, 0.25) is 0 Å². The van der Waals surface area contributed by atoms with Crippen LogP contribution in [0.5, 0.6) is 5.75 Å². The van der Waals surface area contributed by atoms with E-state index in [1.807, 2.05) is 24.3 Å². The summed E-state index contributed by atoms with van der Waals surface area (Å²) >= 11 is 0. The third-order valence-electron chi connectivity index (χ3n) is 6.72. The zero-order valence-corrected chi connectivity index (χ0v) is 21.1. The second-order valence-corrected chi connectivity index (χ2v) is 9.43. The molecule has 0 saturated carbocycles. The smallest absolute Gasteiger partial charge is 0.322 e. The Morgan fingerprint density at radius 3 is 2.51 bits per heavy atom. The first-order valence-electron chi connectivity index (χ1n) is 13.0. The maximum atomic E-state index is 14.3. The van der Waals surface area contributed by atoms with Crippen molar-refractivity contribution in [2.75, 3.05) is 18.5 Å². The number of ether oxygens (including phenoxy) is 1. The number of anilines is 1. The standard InChI is InChI=1S/C30H33F3N2O2/c1-2-3-4-5-6-16-35(30(36)34-27-15-13-24(32)20-26(27)33)28-11-8-17-37-29-19-22(12-14-25(28)29)21-9-7-10-23(31)18-21/h7,9-10,12-15,18-20,28H,2-6,8,11,16-17H2,1H3,(H,34,36). The maximum absolute atomic E-state index is 14.3. The summed E-state index contributed by atoms with van der Waals surface area (Å²) < 4.78 is 47.6. The van der Waals surface area contributed by atoms with Crippen LogP contribution in [0.3, 0.4) is 0 Å². The monoisotopic (exact) mass is 510 g/mol. The van der Waals surface area contributed by atoms with Crippen LogP contribution >= 0.6 is 0 Å². The van der Waals surface area contributed by atoms with E-state index in [9.17, 15) is 18.0 Å². The summed E-state index contributed by atoms with van der Waals surface area (Å²) in [6.45, 7) is 3.14. The quantitative estimate of drug-likeness (QED) is 0.293. The second kappa shape index (κ2) is 12.7. The van der Waals surface area contributed by atoms with Crippen molar-refractivity contribution < 1.29 is 22.7 Å². The molecule has 1 heterocycles. The molecule has 0 aliphatic carbocycles. The summed E-state index contributed by atoms with van der Waals surface area (Å²) in [5.41, 5.74) is 2.36. The summed E-state index contributed by atoms with van der Waals surface area (Å²) in [5.74, 6) is -1.18. The van der Waals surface area contributed by atoms with Crippen molar-refractivity contribution in [1.29, 1.82) is 0 Å². The third kappa shape index (κ3) is 6.85. The molecule has 3 aromatic carbocycles. The van der Waals surface area contributed by atoms with Gasteiger partial charge in [-0.15, -0.1) is 0 Å². The number of nitrogens with zero attached hydrogens (tertiary/aromatic N) is 1. The van der Waals surface area contributed by atoms with E-state index in [0.717, 1.165) is 67.3 Å². The lowest BCUT2D eigenvalue weighted by Crippen LogP contribution is -2.39. The zero-order valence-electron chi connectivity index (χ0n) is 21.1. The number of rotatable bonds is 9. The number of carbonyl (C=O) groups excluding carboxylic acids is 1. The lowest BCUT2D eigenvalue weighted by Gasteiger charge is -2.32. The third-order valence-corrected chi connectivity index (χ3v) is 6.72. The molecule has 1 atom stereocenters. The molecule has 0 saturated heterocycles. The zero-order chi connectivity index (χ0) is 26.2. The molecule has 1 aliphatic heterocycles. The minimum atomic E-state index is -0.819. The first-order valence-corrected chi connectivity index (χ1v) is 13.0. The number of hydrogen-bond acceptors (Lipinski definition) is 2. The number of hydrogen-bond donors (Lipinski definition) is 1. The van der Waals surface area contributed by atoms with E-state index >= 15 is 0 Å². The first-order chi connectivity index (χ1) is 18.0. The van der Waals surface area contributed by atoms with E-state index in [-0.39, 0.29) is 17.5 Å². The number of halogens is 3. The van der Waals surface area contributed by atoms with Crippen LogP contribution in [0.1, 0.15) is 63.5 Å². The lowest BCUT2D eigenvalue weighted by molar-refractivity contribution is 0.181. The molecule has 0 spiro atoms. The van der Waals surface area contributed by atoms with Gasteiger partial charge < -0.3 is 15.0 Å². The Labute approximate surface area is 216 Å². The second-order valence-electron chi connectivity index (χ2n) is 9.43. The molecule has 0 radical (unpaired) electrons. The van der Waals surface area contributed by atoms with Crippen LogP contribution in [-0.2, 0) is 0 Å². The van der Waals surface area contributed by atoms with Crippen molar-refractivity contribution in [3.05, 3.63) is 83.7 Å². The number of carbonyl (C=O) groups is 1. The Balaban J connectivity index is 1.62. The fourth-order valence-electron chi connectivity index (χ4n) is 4.78. The Kier molecular flexibility index (Phi) is 9.09. The molecule has 7 heteroatoms. The molecule has 1 N–H and O–H groups in total. The van der Waals surface area contributed by atoms with Crippen molar-refractivity contribution >= 4 is 11.7 Å². The number of amides is 2. The normalized spacial score (nSPS) is 14.9. The van der Waals surface area contributed by atoms with Gasteiger partial charge in [0.1, 0.15) is 23.2 Å². The highest BCUT2D eigenvalue weighted by atomic mass is 19.1. The average Bonchev–Trinajstić information content (AvgIpc) is 3.10. The molecule has 1 unspecified atom stereocenters. The fourth-order valence-corrected chi connectivity index (χ4v) is 4.78. The van der Waals surface area contributed by atoms with Crippen molar-refractivity contribution in [3.63, 3.8) is 0 Å². The van der Waals surface area contributed by atoms with Crippen LogP contribution in [0.25, 0.3) is 11.1 Å². The molecule has 0 bridgehead atoms. The SMILES string of the molecule is CCCCCCCN(C(=O)Nc1ccc(F)cc1F)C1CCCOc2cc(-c3cccc(F)c3)ccc21. The van der Waals surface area contributed by atoms with Crippen LogP contribution in [0.2, 0.25) is 0 Å². The van der Waals surface area contributed by atoms with E-state index in [1.54, 1.807) is 11.0 Å². The van der Waals surface area contributed by atoms with E-state index < -0.39 is 17.7 Å². The molecule has 2 amide bonds. The van der Waals surface area contributed by atoms with Crippen LogP contribution in [0.15, 0.2) is 60.7 Å². The van der Waals surface area contributed by atoms with Gasteiger partial charge in [0.15, 0.2) is 0 Å². The van der Waals surface area contributed by atoms with Gasteiger partial charge in [-0.1, -0.05) is 56.9 Å². The molecule has 4 rings (SSSR count). The number of fused-ring (bicyclic) bond motifs is 1. The van der Waals surface area contributed by atoms with Crippen molar-refractivity contribution in [2.24, 2.45) is 0 Å². The molecular weight excluding hydrogens is 477 g/mol. The van der Waals surface area contributed by atoms with Gasteiger partial charge in [-0.05, 0) is 60.7 Å². The Bertz CT molecular complexity index is 1220. The van der Waals surface area contributed by atoms with E-state index in [2.05, 4.69) is 12.2 Å². The average molecular weight is 511 g/mol. The molecule has 0 fully saturated rings.